The summed E-state index contributed by atoms with van der Waals surface area (Å²) in [5.74, 6) is 1.55. The number of methoxy groups -OCH3 is 1. The van der Waals surface area contributed by atoms with Crippen LogP contribution in [0.25, 0.3) is 0 Å². The molecular formula is C34H42N2O6S. The molecule has 8 nitrogen and oxygen atoms in total. The van der Waals surface area contributed by atoms with E-state index in [1.54, 1.807) is 18.9 Å². The first-order chi connectivity index (χ1) is 20.9. The number of unbranched alkanes of at least 4 members (excludes halogenated alkanes) is 2. The Labute approximate surface area is 258 Å². The molecule has 0 saturated carbocycles. The number of ether oxygens (including phenoxy) is 3. The Morgan fingerprint density at radius 2 is 1.65 bits per heavy atom. The van der Waals surface area contributed by atoms with Gasteiger partial charge in [-0.05, 0) is 48.2 Å². The van der Waals surface area contributed by atoms with E-state index in [0.29, 0.717) is 18.7 Å². The van der Waals surface area contributed by atoms with Gasteiger partial charge < -0.3 is 30.0 Å². The van der Waals surface area contributed by atoms with Crippen LogP contribution in [0, 0.1) is 5.92 Å². The van der Waals surface area contributed by atoms with Crippen molar-refractivity contribution in [2.75, 3.05) is 24.7 Å². The van der Waals surface area contributed by atoms with E-state index < -0.39 is 6.29 Å². The molecule has 1 fully saturated rings. The van der Waals surface area contributed by atoms with Crippen molar-refractivity contribution in [3.8, 4) is 5.75 Å². The molecule has 4 rings (SSSR count). The van der Waals surface area contributed by atoms with Crippen molar-refractivity contribution in [3.05, 3.63) is 89.5 Å². The van der Waals surface area contributed by atoms with E-state index >= 15 is 0 Å². The van der Waals surface area contributed by atoms with Crippen LogP contribution in [-0.4, -0.2) is 42.4 Å². The van der Waals surface area contributed by atoms with Crippen LogP contribution in [0.15, 0.2) is 77.7 Å². The predicted octanol–water partition coefficient (Wildman–Crippen LogP) is 6.41. The second kappa shape index (κ2) is 16.5. The van der Waals surface area contributed by atoms with Crippen molar-refractivity contribution < 1.29 is 28.9 Å². The maximum absolute atomic E-state index is 12.4. The number of benzene rings is 3. The summed E-state index contributed by atoms with van der Waals surface area (Å²) in [7, 11) is 1.68. The zero-order valence-corrected chi connectivity index (χ0v) is 25.9. The molecule has 0 radical (unpaired) electrons. The second-order valence-electron chi connectivity index (χ2n) is 10.7. The first-order valence-electron chi connectivity index (χ1n) is 14.8. The van der Waals surface area contributed by atoms with E-state index in [4.69, 9.17) is 14.2 Å². The van der Waals surface area contributed by atoms with Crippen molar-refractivity contribution in [1.82, 2.24) is 5.32 Å². The van der Waals surface area contributed by atoms with Crippen molar-refractivity contribution in [1.29, 1.82) is 0 Å². The average molecular weight is 607 g/mol. The Bertz CT molecular complexity index is 1320. The van der Waals surface area contributed by atoms with Crippen LogP contribution in [0.3, 0.4) is 0 Å². The monoisotopic (exact) mass is 606 g/mol. The number of hydrogen-bond donors (Lipinski definition) is 3. The van der Waals surface area contributed by atoms with Crippen molar-refractivity contribution in [2.45, 2.75) is 69.5 Å². The summed E-state index contributed by atoms with van der Waals surface area (Å²) in [6.45, 7) is 4.28. The fraction of sp³-hybridized carbons (Fsp3) is 0.412. The maximum Gasteiger partial charge on any atom is 0.224 e. The lowest BCUT2D eigenvalue weighted by molar-refractivity contribution is -0.268. The molecule has 0 aromatic heterocycles. The summed E-state index contributed by atoms with van der Waals surface area (Å²) < 4.78 is 18.7. The Balaban J connectivity index is 1.41. The van der Waals surface area contributed by atoms with Crippen molar-refractivity contribution in [3.63, 3.8) is 0 Å². The molecule has 1 saturated heterocycles. The van der Waals surface area contributed by atoms with E-state index in [1.165, 1.54) is 6.92 Å². The van der Waals surface area contributed by atoms with Gasteiger partial charge in [0.2, 0.25) is 11.8 Å². The highest BCUT2D eigenvalue weighted by Crippen LogP contribution is 2.43. The highest BCUT2D eigenvalue weighted by atomic mass is 32.2. The first kappa shape index (κ1) is 32.5. The highest BCUT2D eigenvalue weighted by molar-refractivity contribution is 7.99. The minimum atomic E-state index is -0.588. The molecule has 0 bridgehead atoms. The molecular weight excluding hydrogens is 564 g/mol. The number of hydrogen-bond acceptors (Lipinski definition) is 7. The van der Waals surface area contributed by atoms with Gasteiger partial charge in [0.15, 0.2) is 6.29 Å². The molecule has 0 spiro atoms. The topological polar surface area (TPSA) is 106 Å². The number of aliphatic hydroxyl groups is 1. The Morgan fingerprint density at radius 3 is 2.35 bits per heavy atom. The smallest absolute Gasteiger partial charge is 0.224 e. The van der Waals surface area contributed by atoms with Gasteiger partial charge in [-0.15, -0.1) is 11.8 Å². The van der Waals surface area contributed by atoms with Crippen LogP contribution in [0.4, 0.5) is 5.69 Å². The van der Waals surface area contributed by atoms with E-state index in [-0.39, 0.29) is 36.5 Å². The lowest BCUT2D eigenvalue weighted by Gasteiger charge is -2.41. The number of rotatable bonds is 14. The lowest BCUT2D eigenvalue weighted by atomic mass is 9.91. The summed E-state index contributed by atoms with van der Waals surface area (Å²) >= 11 is 1.70. The Morgan fingerprint density at radius 1 is 0.930 bits per heavy atom. The fourth-order valence-corrected chi connectivity index (χ4v) is 6.21. The van der Waals surface area contributed by atoms with Crippen LogP contribution in [-0.2, 0) is 25.7 Å². The van der Waals surface area contributed by atoms with Gasteiger partial charge in [-0.25, -0.2) is 0 Å². The molecule has 1 heterocycles. The van der Waals surface area contributed by atoms with Crippen molar-refractivity contribution >= 4 is 29.3 Å². The van der Waals surface area contributed by atoms with Gasteiger partial charge in [-0.2, -0.15) is 0 Å². The molecule has 3 aromatic rings. The zero-order valence-electron chi connectivity index (χ0n) is 25.1. The molecule has 0 aliphatic carbocycles. The highest BCUT2D eigenvalue weighted by Gasteiger charge is 2.38. The Hall–Kier alpha value is -3.37. The van der Waals surface area contributed by atoms with E-state index in [2.05, 4.69) is 23.6 Å². The number of anilines is 1. The Kier molecular flexibility index (Phi) is 12.5. The quantitative estimate of drug-likeness (QED) is 0.144. The zero-order chi connectivity index (χ0) is 30.6. The van der Waals surface area contributed by atoms with E-state index in [1.807, 2.05) is 66.7 Å². The molecule has 43 heavy (non-hydrogen) atoms. The SMILES string of the molecule is COc1ccccc1SC[C@H]1O[C@@H](c2ccc(NC(=O)CCCCCNC(C)=O)cc2)O[C@@H](c2ccc(CO)cc2)[C@H]1C. The summed E-state index contributed by atoms with van der Waals surface area (Å²) in [5, 5.41) is 15.2. The third-order valence-electron chi connectivity index (χ3n) is 7.52. The van der Waals surface area contributed by atoms with Gasteiger partial charge in [0.25, 0.3) is 0 Å². The lowest BCUT2D eigenvalue weighted by Crippen LogP contribution is -2.38. The number of aliphatic hydroxyl groups excluding tert-OH is 1. The summed E-state index contributed by atoms with van der Waals surface area (Å²) in [5.41, 5.74) is 3.47. The second-order valence-corrected chi connectivity index (χ2v) is 11.8. The van der Waals surface area contributed by atoms with Crippen LogP contribution < -0.4 is 15.4 Å². The molecule has 2 amide bonds. The number of carbonyl (C=O) groups is 2. The van der Waals surface area contributed by atoms with Crippen molar-refractivity contribution in [2.24, 2.45) is 5.92 Å². The third kappa shape index (κ3) is 9.56. The summed E-state index contributed by atoms with van der Waals surface area (Å²) in [6, 6.07) is 23.5. The third-order valence-corrected chi connectivity index (χ3v) is 8.66. The molecule has 1 aliphatic rings. The van der Waals surface area contributed by atoms with Gasteiger partial charge in [-0.1, -0.05) is 61.9 Å². The number of thioether (sulfide) groups is 1. The van der Waals surface area contributed by atoms with E-state index in [9.17, 15) is 14.7 Å². The molecule has 4 atom stereocenters. The van der Waals surface area contributed by atoms with E-state index in [0.717, 1.165) is 52.3 Å². The number of para-hydroxylation sites is 1. The molecule has 3 N–H and O–H groups in total. The standard InChI is InChI=1S/C34H42N2O6S/c1-23-30(22-43-31-10-7-6-9-29(31)40-3)41-34(42-33(23)26-14-12-25(21-37)13-15-26)27-16-18-28(19-17-27)36-32(39)11-5-4-8-20-35-24(2)38/h6-7,9-10,12-19,23,30,33-34,37H,4-5,8,11,20-22H2,1-3H3,(H,35,38)(H,36,39)/t23-,30+,33+,34+/m0/s1. The molecule has 9 heteroatoms. The largest absolute Gasteiger partial charge is 0.496 e. The minimum absolute atomic E-state index is 0.00719. The van der Waals surface area contributed by atoms with Crippen LogP contribution in [0.5, 0.6) is 5.75 Å². The van der Waals surface area contributed by atoms with Crippen LogP contribution in [0.1, 0.15) is 68.6 Å². The maximum atomic E-state index is 12.4. The van der Waals surface area contributed by atoms with Crippen LogP contribution in [0.2, 0.25) is 0 Å². The fourth-order valence-electron chi connectivity index (χ4n) is 5.02. The minimum Gasteiger partial charge on any atom is -0.496 e. The molecule has 230 valence electrons. The summed E-state index contributed by atoms with van der Waals surface area (Å²) in [6.07, 6.45) is 2.02. The van der Waals surface area contributed by atoms with Gasteiger partial charge >= 0.3 is 0 Å². The van der Waals surface area contributed by atoms with Gasteiger partial charge in [0.1, 0.15) is 5.75 Å². The normalized spacial score (nSPS) is 19.9. The summed E-state index contributed by atoms with van der Waals surface area (Å²) in [4.78, 5) is 24.4. The first-order valence-corrected chi connectivity index (χ1v) is 15.8. The van der Waals surface area contributed by atoms with Crippen LogP contribution >= 0.6 is 11.8 Å². The van der Waals surface area contributed by atoms with Gasteiger partial charge in [-0.3, -0.25) is 9.59 Å². The molecule has 0 unspecified atom stereocenters. The number of nitrogens with one attached hydrogen (secondary N) is 2. The molecule has 3 aromatic carbocycles. The average Bonchev–Trinajstić information content (AvgIpc) is 3.02. The number of carbonyl (C=O) groups excluding carboxylic acids is 2. The van der Waals surface area contributed by atoms with Gasteiger partial charge in [0, 0.05) is 47.7 Å². The molecule has 1 aliphatic heterocycles. The van der Waals surface area contributed by atoms with Gasteiger partial charge in [0.05, 0.1) is 25.9 Å². The number of amides is 2. The predicted molar refractivity (Wildman–Crippen MR) is 169 cm³/mol.